The van der Waals surface area contributed by atoms with Crippen LogP contribution in [0.25, 0.3) is 0 Å². The van der Waals surface area contributed by atoms with E-state index in [1.54, 1.807) is 47.6 Å². The van der Waals surface area contributed by atoms with Gasteiger partial charge in [0, 0.05) is 17.0 Å². The van der Waals surface area contributed by atoms with Crippen LogP contribution >= 0.6 is 15.9 Å². The zero-order chi connectivity index (χ0) is 26.2. The summed E-state index contributed by atoms with van der Waals surface area (Å²) in [6.07, 6.45) is -2.47. The van der Waals surface area contributed by atoms with E-state index in [4.69, 9.17) is 14.2 Å². The van der Waals surface area contributed by atoms with Gasteiger partial charge in [-0.3, -0.25) is 14.5 Å². The van der Waals surface area contributed by atoms with E-state index in [1.807, 2.05) is 0 Å². The molecule has 0 radical (unpaired) electrons. The van der Waals surface area contributed by atoms with Crippen LogP contribution in [0.5, 0.6) is 0 Å². The van der Waals surface area contributed by atoms with Gasteiger partial charge in [-0.05, 0) is 59.7 Å². The minimum atomic E-state index is -2.77. The molecule has 12 heteroatoms. The number of hydrogen-bond donors (Lipinski definition) is 1. The molecule has 0 aromatic heterocycles. The fourth-order valence-corrected chi connectivity index (χ4v) is 3.68. The highest BCUT2D eigenvalue weighted by Gasteiger charge is 2.67. The number of esters is 1. The SMILES string of the molecule is COC(=O)[C@]1(N(NC(=O)OC(C)(C)C)C(=O)OC(C)(C)C)C(=O)c2cc(Br)ccc2N1C(C)=O. The molecule has 0 saturated heterocycles. The summed E-state index contributed by atoms with van der Waals surface area (Å²) in [4.78, 5) is 66.8. The number of Topliss-reactive ketones (excluding diaryl/α,β-unsaturated/α-hetero) is 1. The van der Waals surface area contributed by atoms with Gasteiger partial charge in [0.25, 0.3) is 0 Å². The summed E-state index contributed by atoms with van der Waals surface area (Å²) in [5.74, 6) is -3.07. The molecule has 34 heavy (non-hydrogen) atoms. The second kappa shape index (κ2) is 9.24. The maximum atomic E-state index is 13.8. The van der Waals surface area contributed by atoms with E-state index in [9.17, 15) is 24.0 Å². The molecule has 2 rings (SSSR count). The molecule has 0 unspecified atom stereocenters. The van der Waals surface area contributed by atoms with E-state index < -0.39 is 46.7 Å². The number of nitrogens with zero attached hydrogens (tertiary/aromatic N) is 2. The van der Waals surface area contributed by atoms with Gasteiger partial charge in [0.05, 0.1) is 12.8 Å². The van der Waals surface area contributed by atoms with E-state index in [0.29, 0.717) is 9.48 Å². The summed E-state index contributed by atoms with van der Waals surface area (Å²) in [5.41, 5.74) is -2.76. The smallest absolute Gasteiger partial charge is 0.432 e. The number of benzene rings is 1. The molecule has 3 amide bonds. The predicted molar refractivity (Wildman–Crippen MR) is 124 cm³/mol. The van der Waals surface area contributed by atoms with E-state index in [2.05, 4.69) is 21.4 Å². The van der Waals surface area contributed by atoms with Crippen LogP contribution in [-0.4, -0.2) is 58.8 Å². The van der Waals surface area contributed by atoms with Crippen molar-refractivity contribution in [2.75, 3.05) is 12.0 Å². The lowest BCUT2D eigenvalue weighted by molar-refractivity contribution is -0.154. The first kappa shape index (κ1) is 27.1. The van der Waals surface area contributed by atoms with E-state index >= 15 is 0 Å². The standard InChI is InChI=1S/C22H28BrN3O8/c1-12(27)25-15-10-9-13(23)11-14(15)16(28)22(25,17(29)32-8)26(19(31)34-21(5,6)7)24-18(30)33-20(2,3)4/h9-11H,1-8H3,(H,24,30)/t22-/m1/s1. The van der Waals surface area contributed by atoms with Crippen molar-refractivity contribution >= 4 is 51.5 Å². The lowest BCUT2D eigenvalue weighted by Gasteiger charge is -2.42. The Balaban J connectivity index is 2.83. The molecule has 0 aliphatic carbocycles. The van der Waals surface area contributed by atoms with E-state index in [1.165, 1.54) is 12.1 Å². The number of nitrogens with one attached hydrogen (secondary N) is 1. The molecule has 11 nitrogen and oxygen atoms in total. The second-order valence-corrected chi connectivity index (χ2v) is 10.4. The number of hydrogen-bond acceptors (Lipinski definition) is 8. The summed E-state index contributed by atoms with van der Waals surface area (Å²) < 4.78 is 16.0. The van der Waals surface area contributed by atoms with E-state index in [0.717, 1.165) is 18.9 Å². The Kier molecular flexibility index (Phi) is 7.37. The van der Waals surface area contributed by atoms with Crippen molar-refractivity contribution < 1.29 is 38.2 Å². The lowest BCUT2D eigenvalue weighted by atomic mass is 10.0. The number of ether oxygens (including phenoxy) is 3. The van der Waals surface area contributed by atoms with Crippen molar-refractivity contribution in [3.63, 3.8) is 0 Å². The number of anilines is 1. The maximum absolute atomic E-state index is 13.8. The highest BCUT2D eigenvalue weighted by atomic mass is 79.9. The monoisotopic (exact) mass is 541 g/mol. The third kappa shape index (κ3) is 5.16. The number of methoxy groups -OCH3 is 1. The third-order valence-corrected chi connectivity index (χ3v) is 4.86. The average molecular weight is 542 g/mol. The zero-order valence-corrected chi connectivity index (χ0v) is 21.9. The molecule has 186 valence electrons. The van der Waals surface area contributed by atoms with Crippen LogP contribution in [0.15, 0.2) is 22.7 Å². The summed E-state index contributed by atoms with van der Waals surface area (Å²) in [7, 11) is 0.981. The van der Waals surface area contributed by atoms with Crippen molar-refractivity contribution in [1.82, 2.24) is 10.4 Å². The molecule has 1 aliphatic heterocycles. The zero-order valence-electron chi connectivity index (χ0n) is 20.3. The summed E-state index contributed by atoms with van der Waals surface area (Å²) >= 11 is 3.25. The molecule has 0 fully saturated rings. The number of carbonyl (C=O) groups is 5. The average Bonchev–Trinajstić information content (AvgIpc) is 2.92. The third-order valence-electron chi connectivity index (χ3n) is 4.37. The summed E-state index contributed by atoms with van der Waals surface area (Å²) in [6.45, 7) is 10.5. The van der Waals surface area contributed by atoms with Crippen LogP contribution in [-0.2, 0) is 23.8 Å². The Morgan fingerprint density at radius 3 is 2.06 bits per heavy atom. The van der Waals surface area contributed by atoms with Crippen LogP contribution in [0.3, 0.4) is 0 Å². The van der Waals surface area contributed by atoms with Gasteiger partial charge in [-0.15, -0.1) is 0 Å². The number of halogens is 1. The van der Waals surface area contributed by atoms with Crippen molar-refractivity contribution in [2.24, 2.45) is 0 Å². The molecule has 1 aromatic rings. The van der Waals surface area contributed by atoms with Gasteiger partial charge in [-0.1, -0.05) is 15.9 Å². The Hall–Kier alpha value is -3.15. The Morgan fingerprint density at radius 1 is 1.03 bits per heavy atom. The van der Waals surface area contributed by atoms with Crippen LogP contribution in [0.2, 0.25) is 0 Å². The molecule has 1 aromatic carbocycles. The Labute approximate surface area is 205 Å². The molecule has 0 saturated carbocycles. The molecule has 1 aliphatic rings. The largest absolute Gasteiger partial charge is 0.465 e. The molecule has 1 N–H and O–H groups in total. The lowest BCUT2D eigenvalue weighted by Crippen LogP contribution is -2.74. The number of amides is 3. The molecular weight excluding hydrogens is 514 g/mol. The van der Waals surface area contributed by atoms with E-state index in [-0.39, 0.29) is 11.3 Å². The number of ketones is 1. The minimum absolute atomic E-state index is 0.0330. The van der Waals surface area contributed by atoms with Crippen LogP contribution < -0.4 is 10.3 Å². The quantitative estimate of drug-likeness (QED) is 0.260. The number of fused-ring (bicyclic) bond motifs is 1. The number of carbonyl (C=O) groups excluding carboxylic acids is 5. The van der Waals surface area contributed by atoms with Gasteiger partial charge in [0.2, 0.25) is 11.7 Å². The van der Waals surface area contributed by atoms with Crippen LogP contribution in [0.4, 0.5) is 15.3 Å². The second-order valence-electron chi connectivity index (χ2n) is 9.44. The molecular formula is C22H28BrN3O8. The van der Waals surface area contributed by atoms with Crippen molar-refractivity contribution in [3.8, 4) is 0 Å². The van der Waals surface area contributed by atoms with Crippen molar-refractivity contribution in [1.29, 1.82) is 0 Å². The molecule has 1 atom stereocenters. The fraction of sp³-hybridized carbons (Fsp3) is 0.500. The first-order valence-corrected chi connectivity index (χ1v) is 11.0. The summed E-state index contributed by atoms with van der Waals surface area (Å²) in [5, 5.41) is 0.343. The number of rotatable bonds is 2. The van der Waals surface area contributed by atoms with Gasteiger partial charge >= 0.3 is 23.8 Å². The highest BCUT2D eigenvalue weighted by Crippen LogP contribution is 2.43. The number of hydrazine groups is 1. The maximum Gasteiger partial charge on any atom is 0.432 e. The molecule has 1 heterocycles. The minimum Gasteiger partial charge on any atom is -0.465 e. The normalized spacial score (nSPS) is 17.6. The molecule has 0 spiro atoms. The van der Waals surface area contributed by atoms with Gasteiger partial charge in [-0.2, -0.15) is 5.01 Å². The van der Waals surface area contributed by atoms with Gasteiger partial charge in [-0.25, -0.2) is 19.8 Å². The van der Waals surface area contributed by atoms with Gasteiger partial charge in [0.1, 0.15) is 11.2 Å². The summed E-state index contributed by atoms with van der Waals surface area (Å²) in [6, 6.07) is 4.36. The van der Waals surface area contributed by atoms with Crippen LogP contribution in [0.1, 0.15) is 58.8 Å². The van der Waals surface area contributed by atoms with Crippen molar-refractivity contribution in [2.45, 2.75) is 65.3 Å². The Morgan fingerprint density at radius 2 is 1.59 bits per heavy atom. The topological polar surface area (TPSA) is 132 Å². The van der Waals surface area contributed by atoms with Gasteiger partial charge in [0.15, 0.2) is 0 Å². The van der Waals surface area contributed by atoms with Crippen LogP contribution in [0, 0.1) is 0 Å². The van der Waals surface area contributed by atoms with Crippen molar-refractivity contribution in [3.05, 3.63) is 28.2 Å². The highest BCUT2D eigenvalue weighted by molar-refractivity contribution is 9.10. The predicted octanol–water partition coefficient (Wildman–Crippen LogP) is 3.54. The first-order chi connectivity index (χ1) is 15.5. The fourth-order valence-electron chi connectivity index (χ4n) is 3.32. The first-order valence-electron chi connectivity index (χ1n) is 10.2. The Bertz CT molecular complexity index is 1040. The molecule has 0 bridgehead atoms. The van der Waals surface area contributed by atoms with Gasteiger partial charge < -0.3 is 14.2 Å².